The number of hydrogen-bond donors (Lipinski definition) is 0. The molecule has 0 saturated carbocycles. The van der Waals surface area contributed by atoms with Gasteiger partial charge in [0.2, 0.25) is 0 Å². The van der Waals surface area contributed by atoms with Crippen LogP contribution in [0, 0.1) is 13.8 Å². The van der Waals surface area contributed by atoms with E-state index in [9.17, 15) is 0 Å². The Morgan fingerprint density at radius 2 is 0.971 bits per heavy atom. The molecule has 1 aliphatic carbocycles. The van der Waals surface area contributed by atoms with Crippen LogP contribution in [0.15, 0.2) is 82.8 Å². The summed E-state index contributed by atoms with van der Waals surface area (Å²) in [7, 11) is 0. The van der Waals surface area contributed by atoms with Gasteiger partial charge in [-0.3, -0.25) is 0 Å². The number of nitrogens with zero attached hydrogens (tertiary/aromatic N) is 2. The van der Waals surface area contributed by atoms with Gasteiger partial charge in [-0.1, -0.05) is 100 Å². The van der Waals surface area contributed by atoms with Crippen molar-refractivity contribution in [1.82, 2.24) is 0 Å². The van der Waals surface area contributed by atoms with Crippen LogP contribution < -0.4 is 0 Å². The molecule has 0 amide bonds. The molecule has 1 aliphatic rings. The average Bonchev–Trinajstić information content (AvgIpc) is 3.10. The normalized spacial score (nSPS) is 15.0. The second-order valence-corrected chi connectivity index (χ2v) is 9.96. The molecule has 0 bridgehead atoms. The van der Waals surface area contributed by atoms with E-state index in [1.807, 2.05) is 0 Å². The summed E-state index contributed by atoms with van der Waals surface area (Å²) in [5.41, 5.74) is 11.4. The summed E-state index contributed by atoms with van der Waals surface area (Å²) in [6.45, 7) is 13.3. The van der Waals surface area contributed by atoms with Gasteiger partial charge in [-0.25, -0.2) is 9.98 Å². The third-order valence-electron chi connectivity index (χ3n) is 6.87. The zero-order valence-corrected chi connectivity index (χ0v) is 22.3. The minimum Gasteiger partial charge on any atom is -0.246 e. The molecule has 0 atom stereocenters. The van der Waals surface area contributed by atoms with Gasteiger partial charge in [0.05, 0.1) is 22.8 Å². The summed E-state index contributed by atoms with van der Waals surface area (Å²) < 4.78 is 0. The topological polar surface area (TPSA) is 24.7 Å². The summed E-state index contributed by atoms with van der Waals surface area (Å²) >= 11 is 0. The standard InChI is InChI=1S/C32H32N2.Ni/c1-19(2)24-15-10-16-25(20(3)4)30(24)34-32-27-18-9-14-23-13-8-17-26(28(23)27)31(32)33-29-21(5)11-7-12-22(29)6;/h7-20H,1-6H3;. The Balaban J connectivity index is 0.00000289. The fraction of sp³-hybridized carbons (Fsp3) is 0.250. The van der Waals surface area contributed by atoms with Crippen LogP contribution in [-0.2, 0) is 16.5 Å². The van der Waals surface area contributed by atoms with Crippen LogP contribution in [0.1, 0.15) is 72.9 Å². The van der Waals surface area contributed by atoms with Crippen molar-refractivity contribution in [3.8, 4) is 0 Å². The van der Waals surface area contributed by atoms with Crippen molar-refractivity contribution < 1.29 is 16.5 Å². The minimum atomic E-state index is 0. The molecule has 0 saturated heterocycles. The molecule has 0 aliphatic heterocycles. The Labute approximate surface area is 219 Å². The number of para-hydroxylation sites is 2. The van der Waals surface area contributed by atoms with E-state index >= 15 is 0 Å². The fourth-order valence-corrected chi connectivity index (χ4v) is 5.06. The van der Waals surface area contributed by atoms with Crippen molar-refractivity contribution in [1.29, 1.82) is 0 Å². The van der Waals surface area contributed by atoms with Gasteiger partial charge in [0.15, 0.2) is 0 Å². The number of hydrogen-bond acceptors (Lipinski definition) is 2. The van der Waals surface area contributed by atoms with E-state index in [4.69, 9.17) is 9.98 Å². The molecule has 180 valence electrons. The molecular weight excluding hydrogens is 471 g/mol. The maximum absolute atomic E-state index is 5.46. The summed E-state index contributed by atoms with van der Waals surface area (Å²) in [6, 6.07) is 26.0. The first kappa shape index (κ1) is 25.1. The monoisotopic (exact) mass is 502 g/mol. The van der Waals surface area contributed by atoms with Gasteiger partial charge in [-0.2, -0.15) is 0 Å². The number of aryl methyl sites for hydroxylation is 2. The van der Waals surface area contributed by atoms with Crippen molar-refractivity contribution in [3.63, 3.8) is 0 Å². The van der Waals surface area contributed by atoms with Crippen LogP contribution >= 0.6 is 0 Å². The smallest absolute Gasteiger partial charge is 0.0979 e. The fourth-order valence-electron chi connectivity index (χ4n) is 5.06. The Hall–Kier alpha value is -3.03. The van der Waals surface area contributed by atoms with Crippen molar-refractivity contribution in [2.24, 2.45) is 9.98 Å². The molecule has 0 radical (unpaired) electrons. The maximum Gasteiger partial charge on any atom is 0.0979 e. The number of aliphatic imine (C=N–C) groups is 2. The zero-order valence-electron chi connectivity index (χ0n) is 21.3. The number of rotatable bonds is 4. The molecule has 0 spiro atoms. The second kappa shape index (κ2) is 9.92. The summed E-state index contributed by atoms with van der Waals surface area (Å²) in [4.78, 5) is 10.8. The van der Waals surface area contributed by atoms with Gasteiger partial charge in [-0.15, -0.1) is 0 Å². The Bertz CT molecular complexity index is 1420. The van der Waals surface area contributed by atoms with Crippen LogP contribution in [0.3, 0.4) is 0 Å². The first-order valence-electron chi connectivity index (χ1n) is 12.3. The van der Waals surface area contributed by atoms with Gasteiger partial charge in [-0.05, 0) is 53.3 Å². The molecule has 2 nitrogen and oxygen atoms in total. The van der Waals surface area contributed by atoms with E-state index in [2.05, 4.69) is 114 Å². The van der Waals surface area contributed by atoms with Gasteiger partial charge in [0.25, 0.3) is 0 Å². The van der Waals surface area contributed by atoms with Crippen molar-refractivity contribution in [3.05, 3.63) is 106 Å². The van der Waals surface area contributed by atoms with E-state index in [0.29, 0.717) is 11.8 Å². The predicted octanol–water partition coefficient (Wildman–Crippen LogP) is 8.96. The van der Waals surface area contributed by atoms with E-state index in [0.717, 1.165) is 22.8 Å². The van der Waals surface area contributed by atoms with Crippen LogP contribution in [-0.4, -0.2) is 11.4 Å². The van der Waals surface area contributed by atoms with Crippen molar-refractivity contribution in [2.45, 2.75) is 53.4 Å². The van der Waals surface area contributed by atoms with Crippen LogP contribution in [0.4, 0.5) is 11.4 Å². The number of benzene rings is 4. The molecule has 4 aromatic rings. The first-order valence-corrected chi connectivity index (χ1v) is 12.3. The molecule has 5 rings (SSSR count). The average molecular weight is 503 g/mol. The summed E-state index contributed by atoms with van der Waals surface area (Å²) in [6.07, 6.45) is 0. The zero-order chi connectivity index (χ0) is 24.0. The Morgan fingerprint density at radius 3 is 1.46 bits per heavy atom. The van der Waals surface area contributed by atoms with E-state index < -0.39 is 0 Å². The van der Waals surface area contributed by atoms with Gasteiger partial charge >= 0.3 is 0 Å². The molecule has 0 fully saturated rings. The maximum atomic E-state index is 5.46. The molecule has 4 aromatic carbocycles. The molecule has 0 heterocycles. The van der Waals surface area contributed by atoms with E-state index in [1.54, 1.807) is 0 Å². The SMILES string of the molecule is Cc1cccc(C)c1N=C1C(=Nc2c(C(C)C)cccc2C(C)C)c2cccc3cccc1c23.[Ni]. The molecule has 0 N–H and O–H groups in total. The van der Waals surface area contributed by atoms with Gasteiger partial charge < -0.3 is 0 Å². The Morgan fingerprint density at radius 1 is 0.543 bits per heavy atom. The third-order valence-corrected chi connectivity index (χ3v) is 6.87. The summed E-state index contributed by atoms with van der Waals surface area (Å²) in [5.74, 6) is 0.772. The van der Waals surface area contributed by atoms with Crippen molar-refractivity contribution >= 4 is 33.6 Å². The van der Waals surface area contributed by atoms with Gasteiger partial charge in [0, 0.05) is 33.0 Å². The molecular formula is C32H32N2Ni. The molecule has 0 unspecified atom stereocenters. The van der Waals surface area contributed by atoms with Crippen LogP contribution in [0.25, 0.3) is 10.8 Å². The second-order valence-electron chi connectivity index (χ2n) is 9.96. The first-order chi connectivity index (χ1) is 16.4. The molecule has 35 heavy (non-hydrogen) atoms. The van der Waals surface area contributed by atoms with E-state index in [-0.39, 0.29) is 16.5 Å². The third kappa shape index (κ3) is 4.39. The minimum absolute atomic E-state index is 0. The van der Waals surface area contributed by atoms with Crippen LogP contribution in [0.2, 0.25) is 0 Å². The van der Waals surface area contributed by atoms with Gasteiger partial charge in [0.1, 0.15) is 0 Å². The molecule has 0 aromatic heterocycles. The predicted molar refractivity (Wildman–Crippen MR) is 147 cm³/mol. The van der Waals surface area contributed by atoms with Crippen molar-refractivity contribution in [2.75, 3.05) is 0 Å². The van der Waals surface area contributed by atoms with Crippen LogP contribution in [0.5, 0.6) is 0 Å². The molecule has 3 heteroatoms. The summed E-state index contributed by atoms with van der Waals surface area (Å²) in [5, 5.41) is 2.48. The largest absolute Gasteiger partial charge is 0.246 e. The van der Waals surface area contributed by atoms with E-state index in [1.165, 1.54) is 44.2 Å². The quantitative estimate of drug-likeness (QED) is 0.249. The Kier molecular flexibility index (Phi) is 7.11.